The van der Waals surface area contributed by atoms with Gasteiger partial charge in [0.15, 0.2) is 5.78 Å². The van der Waals surface area contributed by atoms with Gasteiger partial charge in [-0.2, -0.15) is 0 Å². The quantitative estimate of drug-likeness (QED) is 0.660. The molecule has 2 heteroatoms. The van der Waals surface area contributed by atoms with E-state index in [1.54, 1.807) is 0 Å². The summed E-state index contributed by atoms with van der Waals surface area (Å²) >= 11 is 0. The lowest BCUT2D eigenvalue weighted by Crippen LogP contribution is -2.31. The highest BCUT2D eigenvalue weighted by molar-refractivity contribution is 5.98. The summed E-state index contributed by atoms with van der Waals surface area (Å²) in [6.45, 7) is 6.80. The van der Waals surface area contributed by atoms with Crippen LogP contribution in [0, 0.1) is 0 Å². The predicted molar refractivity (Wildman–Crippen MR) is 93.2 cm³/mol. The SMILES string of the molecule is CCCN(CCC)CC(=O)c1ccc(-c2ccccc2)cc1. The van der Waals surface area contributed by atoms with E-state index >= 15 is 0 Å². The molecule has 0 aromatic heterocycles. The van der Waals surface area contributed by atoms with Gasteiger partial charge in [0.25, 0.3) is 0 Å². The van der Waals surface area contributed by atoms with Crippen LogP contribution in [0.5, 0.6) is 0 Å². The predicted octanol–water partition coefficient (Wildman–Crippen LogP) is 4.66. The highest BCUT2D eigenvalue weighted by Gasteiger charge is 2.11. The van der Waals surface area contributed by atoms with Crippen molar-refractivity contribution in [2.75, 3.05) is 19.6 Å². The summed E-state index contributed by atoms with van der Waals surface area (Å²) in [7, 11) is 0. The highest BCUT2D eigenvalue weighted by atomic mass is 16.1. The maximum absolute atomic E-state index is 12.4. The number of nitrogens with zero attached hydrogens (tertiary/aromatic N) is 1. The first kappa shape index (κ1) is 16.4. The standard InChI is InChI=1S/C20H25NO/c1-3-14-21(15-4-2)16-20(22)19-12-10-18(11-13-19)17-8-6-5-7-9-17/h5-13H,3-4,14-16H2,1-2H3. The third-order valence-electron chi connectivity index (χ3n) is 3.76. The molecule has 0 fully saturated rings. The number of carbonyl (C=O) groups is 1. The minimum Gasteiger partial charge on any atom is -0.296 e. The van der Waals surface area contributed by atoms with E-state index in [-0.39, 0.29) is 5.78 Å². The fraction of sp³-hybridized carbons (Fsp3) is 0.350. The van der Waals surface area contributed by atoms with E-state index in [1.165, 1.54) is 5.56 Å². The van der Waals surface area contributed by atoms with Crippen LogP contribution in [0.4, 0.5) is 0 Å². The lowest BCUT2D eigenvalue weighted by molar-refractivity contribution is 0.0930. The minimum atomic E-state index is 0.210. The molecule has 0 radical (unpaired) electrons. The highest BCUT2D eigenvalue weighted by Crippen LogP contribution is 2.19. The second kappa shape index (κ2) is 8.50. The zero-order chi connectivity index (χ0) is 15.8. The molecule has 22 heavy (non-hydrogen) atoms. The molecule has 0 aliphatic rings. The van der Waals surface area contributed by atoms with Crippen molar-refractivity contribution in [1.82, 2.24) is 4.90 Å². The van der Waals surface area contributed by atoms with Crippen molar-refractivity contribution in [2.24, 2.45) is 0 Å². The molecule has 2 rings (SSSR count). The summed E-state index contributed by atoms with van der Waals surface area (Å²) in [5.41, 5.74) is 3.13. The zero-order valence-corrected chi connectivity index (χ0v) is 13.6. The fourth-order valence-corrected chi connectivity index (χ4v) is 2.68. The Bertz CT molecular complexity index is 568. The Hall–Kier alpha value is -1.93. The molecule has 0 bridgehead atoms. The first-order valence-corrected chi connectivity index (χ1v) is 8.15. The average molecular weight is 295 g/mol. The van der Waals surface area contributed by atoms with Crippen LogP contribution in [0.25, 0.3) is 11.1 Å². The molecule has 2 aromatic rings. The molecule has 0 saturated heterocycles. The van der Waals surface area contributed by atoms with Crippen LogP contribution < -0.4 is 0 Å². The molecule has 2 nitrogen and oxygen atoms in total. The largest absolute Gasteiger partial charge is 0.296 e. The van der Waals surface area contributed by atoms with Crippen molar-refractivity contribution in [3.8, 4) is 11.1 Å². The molecule has 2 aromatic carbocycles. The number of hydrogen-bond donors (Lipinski definition) is 0. The summed E-state index contributed by atoms with van der Waals surface area (Å²) in [6.07, 6.45) is 2.17. The van der Waals surface area contributed by atoms with Gasteiger partial charge < -0.3 is 0 Å². The van der Waals surface area contributed by atoms with Crippen molar-refractivity contribution in [1.29, 1.82) is 0 Å². The topological polar surface area (TPSA) is 20.3 Å². The Labute approximate surface area is 133 Å². The zero-order valence-electron chi connectivity index (χ0n) is 13.6. The lowest BCUT2D eigenvalue weighted by Gasteiger charge is -2.19. The molecule has 116 valence electrons. The second-order valence-electron chi connectivity index (χ2n) is 5.64. The smallest absolute Gasteiger partial charge is 0.176 e. The van der Waals surface area contributed by atoms with Crippen LogP contribution in [0.3, 0.4) is 0 Å². The first-order valence-electron chi connectivity index (χ1n) is 8.15. The van der Waals surface area contributed by atoms with Crippen LogP contribution in [-0.4, -0.2) is 30.3 Å². The molecule has 0 spiro atoms. The van der Waals surface area contributed by atoms with Gasteiger partial charge >= 0.3 is 0 Å². The van der Waals surface area contributed by atoms with Crippen molar-refractivity contribution < 1.29 is 4.79 Å². The molecule has 0 amide bonds. The van der Waals surface area contributed by atoms with E-state index < -0.39 is 0 Å². The Balaban J connectivity index is 2.04. The van der Waals surface area contributed by atoms with E-state index in [0.717, 1.165) is 37.1 Å². The first-order chi connectivity index (χ1) is 10.7. The van der Waals surface area contributed by atoms with E-state index in [4.69, 9.17) is 0 Å². The maximum Gasteiger partial charge on any atom is 0.176 e. The van der Waals surface area contributed by atoms with E-state index in [1.807, 2.05) is 42.5 Å². The number of carbonyl (C=O) groups excluding carboxylic acids is 1. The second-order valence-corrected chi connectivity index (χ2v) is 5.64. The Morgan fingerprint density at radius 1 is 0.818 bits per heavy atom. The molecule has 0 atom stereocenters. The van der Waals surface area contributed by atoms with Gasteiger partial charge in [-0.3, -0.25) is 9.69 Å². The van der Waals surface area contributed by atoms with Gasteiger partial charge in [0.05, 0.1) is 6.54 Å². The summed E-state index contributed by atoms with van der Waals surface area (Å²) in [4.78, 5) is 14.7. The van der Waals surface area contributed by atoms with E-state index in [0.29, 0.717) is 6.54 Å². The third-order valence-corrected chi connectivity index (χ3v) is 3.76. The van der Waals surface area contributed by atoms with Crippen LogP contribution in [0.1, 0.15) is 37.0 Å². The molecule has 0 aliphatic carbocycles. The summed E-state index contributed by atoms with van der Waals surface area (Å²) in [6, 6.07) is 18.2. The minimum absolute atomic E-state index is 0.210. The van der Waals surface area contributed by atoms with Gasteiger partial charge in [0.2, 0.25) is 0 Å². The van der Waals surface area contributed by atoms with Crippen LogP contribution in [0.2, 0.25) is 0 Å². The van der Waals surface area contributed by atoms with E-state index in [2.05, 4.69) is 30.9 Å². The molecule has 0 unspecified atom stereocenters. The molecule has 0 N–H and O–H groups in total. The number of benzene rings is 2. The lowest BCUT2D eigenvalue weighted by atomic mass is 10.0. The Kier molecular flexibility index (Phi) is 6.35. The fourth-order valence-electron chi connectivity index (χ4n) is 2.68. The number of ketones is 1. The van der Waals surface area contributed by atoms with Crippen LogP contribution in [-0.2, 0) is 0 Å². The molecule has 0 heterocycles. The Morgan fingerprint density at radius 3 is 1.91 bits per heavy atom. The monoisotopic (exact) mass is 295 g/mol. The molecular weight excluding hydrogens is 270 g/mol. The van der Waals surface area contributed by atoms with Crippen molar-refractivity contribution >= 4 is 5.78 Å². The van der Waals surface area contributed by atoms with Crippen LogP contribution in [0.15, 0.2) is 54.6 Å². The average Bonchev–Trinajstić information content (AvgIpc) is 2.56. The third kappa shape index (κ3) is 4.54. The molecule has 0 aliphatic heterocycles. The van der Waals surface area contributed by atoms with Gasteiger partial charge in [-0.1, -0.05) is 68.4 Å². The molecule has 0 saturated carbocycles. The Morgan fingerprint density at radius 2 is 1.36 bits per heavy atom. The number of rotatable bonds is 8. The number of hydrogen-bond acceptors (Lipinski definition) is 2. The van der Waals surface area contributed by atoms with E-state index in [9.17, 15) is 4.79 Å². The van der Waals surface area contributed by atoms with Gasteiger partial charge in [-0.05, 0) is 37.1 Å². The van der Waals surface area contributed by atoms with Gasteiger partial charge in [0.1, 0.15) is 0 Å². The molecular formula is C20H25NO. The maximum atomic E-state index is 12.4. The normalized spacial score (nSPS) is 10.9. The van der Waals surface area contributed by atoms with Crippen molar-refractivity contribution in [3.05, 3.63) is 60.2 Å². The van der Waals surface area contributed by atoms with Gasteiger partial charge in [0, 0.05) is 5.56 Å². The van der Waals surface area contributed by atoms with Gasteiger partial charge in [-0.15, -0.1) is 0 Å². The van der Waals surface area contributed by atoms with Crippen molar-refractivity contribution in [2.45, 2.75) is 26.7 Å². The summed E-state index contributed by atoms with van der Waals surface area (Å²) < 4.78 is 0. The van der Waals surface area contributed by atoms with Gasteiger partial charge in [-0.25, -0.2) is 0 Å². The van der Waals surface area contributed by atoms with Crippen molar-refractivity contribution in [3.63, 3.8) is 0 Å². The van der Waals surface area contributed by atoms with Crippen LogP contribution >= 0.6 is 0 Å². The summed E-state index contributed by atoms with van der Waals surface area (Å²) in [5.74, 6) is 0.210. The summed E-state index contributed by atoms with van der Waals surface area (Å²) in [5, 5.41) is 0. The number of Topliss-reactive ketones (excluding diaryl/α,β-unsaturated/α-hetero) is 1.